The lowest BCUT2D eigenvalue weighted by Gasteiger charge is -2.17. The van der Waals surface area contributed by atoms with Crippen LogP contribution < -0.4 is 20.9 Å². The zero-order valence-electron chi connectivity index (χ0n) is 19.6. The molecule has 4 N–H and O–H groups in total. The average molecular weight is 507 g/mol. The Labute approximate surface area is 208 Å². The summed E-state index contributed by atoms with van der Waals surface area (Å²) in [5.74, 6) is -0.877. The molecule has 188 valence electrons. The molecule has 5 aromatic rings. The van der Waals surface area contributed by atoms with Crippen LogP contribution >= 0.6 is 0 Å². The van der Waals surface area contributed by atoms with Crippen molar-refractivity contribution in [2.24, 2.45) is 0 Å². The van der Waals surface area contributed by atoms with E-state index in [-0.39, 0.29) is 34.6 Å². The first kappa shape index (κ1) is 23.9. The van der Waals surface area contributed by atoms with Crippen molar-refractivity contribution in [1.82, 2.24) is 24.5 Å². The van der Waals surface area contributed by atoms with Crippen molar-refractivity contribution in [3.63, 3.8) is 0 Å². The molecule has 0 aliphatic rings. The van der Waals surface area contributed by atoms with Gasteiger partial charge in [0.2, 0.25) is 0 Å². The number of halogens is 3. The summed E-state index contributed by atoms with van der Waals surface area (Å²) < 4.78 is 53.7. The number of alkyl halides is 2. The topological polar surface area (TPSA) is 127 Å². The lowest BCUT2D eigenvalue weighted by atomic mass is 10.1. The number of hydrogen-bond donors (Lipinski definition) is 2. The number of hydrogen-bond acceptors (Lipinski definition) is 8. The van der Waals surface area contributed by atoms with E-state index in [4.69, 9.17) is 20.9 Å². The van der Waals surface area contributed by atoms with Crippen molar-refractivity contribution in [2.45, 2.75) is 20.5 Å². The van der Waals surface area contributed by atoms with Crippen molar-refractivity contribution in [3.05, 3.63) is 72.1 Å². The summed E-state index contributed by atoms with van der Waals surface area (Å²) in [5.41, 5.74) is 15.3. The lowest BCUT2D eigenvalue weighted by Crippen LogP contribution is -2.06. The maximum absolute atomic E-state index is 15.3. The summed E-state index contributed by atoms with van der Waals surface area (Å²) in [7, 11) is 0. The Kier molecular flexibility index (Phi) is 5.99. The first-order valence-corrected chi connectivity index (χ1v) is 11.0. The van der Waals surface area contributed by atoms with Crippen molar-refractivity contribution < 1.29 is 22.6 Å². The summed E-state index contributed by atoms with van der Waals surface area (Å²) in [6.45, 7) is 0.401. The van der Waals surface area contributed by atoms with Gasteiger partial charge >= 0.3 is 12.6 Å². The third-order valence-electron chi connectivity index (χ3n) is 5.63. The van der Waals surface area contributed by atoms with E-state index in [1.807, 2.05) is 0 Å². The highest BCUT2D eigenvalue weighted by Gasteiger charge is 2.25. The minimum Gasteiger partial charge on any atom is -0.434 e. The standard InChI is InChI=1S/C25H20F3N7O2/c1-12-7-8-31-25(34-12)37-18-6-4-15(10-17(18)26)35-21(13(2)20-22(35)23(30)33-11-32-20)16-5-3-14(29)9-19(16)36-24(27)28/h3-11,24H,29H2,1-2H3,(H2,30,32,33). The minimum absolute atomic E-state index is 0.0112. The van der Waals surface area contributed by atoms with Crippen molar-refractivity contribution >= 4 is 22.5 Å². The minimum atomic E-state index is -3.10. The van der Waals surface area contributed by atoms with Gasteiger partial charge in [-0.2, -0.15) is 8.78 Å². The summed E-state index contributed by atoms with van der Waals surface area (Å²) in [4.78, 5) is 16.5. The Bertz CT molecular complexity index is 1640. The third kappa shape index (κ3) is 4.44. The highest BCUT2D eigenvalue weighted by atomic mass is 19.3. The molecule has 37 heavy (non-hydrogen) atoms. The van der Waals surface area contributed by atoms with E-state index in [0.717, 1.165) is 0 Å². The normalized spacial score (nSPS) is 11.3. The number of rotatable bonds is 6. The van der Waals surface area contributed by atoms with Gasteiger partial charge in [0.05, 0.1) is 11.2 Å². The van der Waals surface area contributed by atoms with E-state index in [1.54, 1.807) is 36.6 Å². The molecular weight excluding hydrogens is 487 g/mol. The quantitative estimate of drug-likeness (QED) is 0.301. The summed E-state index contributed by atoms with van der Waals surface area (Å²) in [5, 5.41) is 0. The molecule has 0 unspecified atom stereocenters. The van der Waals surface area contributed by atoms with Gasteiger partial charge in [-0.3, -0.25) is 0 Å². The number of nitrogens with two attached hydrogens (primary N) is 2. The number of nitrogen functional groups attached to an aromatic ring is 2. The molecule has 0 spiro atoms. The van der Waals surface area contributed by atoms with E-state index in [1.165, 1.54) is 36.8 Å². The number of aryl methyl sites for hydroxylation is 2. The van der Waals surface area contributed by atoms with Crippen LogP contribution in [0.3, 0.4) is 0 Å². The Balaban J connectivity index is 1.72. The van der Waals surface area contributed by atoms with Crippen molar-refractivity contribution in [2.75, 3.05) is 11.5 Å². The molecule has 0 saturated heterocycles. The first-order chi connectivity index (χ1) is 17.7. The highest BCUT2D eigenvalue weighted by molar-refractivity contribution is 5.97. The molecule has 3 heterocycles. The van der Waals surface area contributed by atoms with E-state index in [0.29, 0.717) is 33.7 Å². The van der Waals surface area contributed by atoms with Gasteiger partial charge in [0.25, 0.3) is 0 Å². The van der Waals surface area contributed by atoms with Crippen LogP contribution in [0.25, 0.3) is 28.0 Å². The molecule has 0 radical (unpaired) electrons. The average Bonchev–Trinajstić information content (AvgIpc) is 3.14. The molecule has 0 atom stereocenters. The largest absolute Gasteiger partial charge is 0.434 e. The fourth-order valence-corrected chi connectivity index (χ4v) is 4.07. The van der Waals surface area contributed by atoms with Gasteiger partial charge in [-0.15, -0.1) is 0 Å². The fourth-order valence-electron chi connectivity index (χ4n) is 4.07. The molecule has 0 amide bonds. The molecule has 0 saturated carbocycles. The monoisotopic (exact) mass is 507 g/mol. The third-order valence-corrected chi connectivity index (χ3v) is 5.63. The zero-order chi connectivity index (χ0) is 26.3. The predicted octanol–water partition coefficient (Wildman–Crippen LogP) is 5.19. The molecule has 0 bridgehead atoms. The van der Waals surface area contributed by atoms with Crippen LogP contribution in [0, 0.1) is 19.7 Å². The number of ether oxygens (including phenoxy) is 2. The number of anilines is 2. The number of fused-ring (bicyclic) bond motifs is 1. The molecular formula is C25H20F3N7O2. The summed E-state index contributed by atoms with van der Waals surface area (Å²) in [6, 6.07) is 10.2. The predicted molar refractivity (Wildman–Crippen MR) is 131 cm³/mol. The second kappa shape index (κ2) is 9.30. The molecule has 5 rings (SSSR count). The number of nitrogens with zero attached hydrogens (tertiary/aromatic N) is 5. The summed E-state index contributed by atoms with van der Waals surface area (Å²) >= 11 is 0. The Morgan fingerprint density at radius 3 is 2.49 bits per heavy atom. The van der Waals surface area contributed by atoms with Crippen molar-refractivity contribution in [3.8, 4) is 34.5 Å². The number of aromatic nitrogens is 5. The summed E-state index contributed by atoms with van der Waals surface area (Å²) in [6.07, 6.45) is 2.79. The van der Waals surface area contributed by atoms with Gasteiger partial charge in [-0.1, -0.05) is 0 Å². The van der Waals surface area contributed by atoms with Crippen LogP contribution in [0.2, 0.25) is 0 Å². The maximum atomic E-state index is 15.3. The van der Waals surface area contributed by atoms with Gasteiger partial charge < -0.3 is 25.5 Å². The first-order valence-electron chi connectivity index (χ1n) is 11.0. The molecule has 2 aromatic carbocycles. The van der Waals surface area contributed by atoms with Crippen LogP contribution in [0.1, 0.15) is 11.3 Å². The van der Waals surface area contributed by atoms with E-state index in [9.17, 15) is 8.78 Å². The fraction of sp³-hybridized carbons (Fsp3) is 0.120. The smallest absolute Gasteiger partial charge is 0.387 e. The molecule has 0 aliphatic carbocycles. The van der Waals surface area contributed by atoms with Crippen molar-refractivity contribution in [1.29, 1.82) is 0 Å². The second-order valence-corrected chi connectivity index (χ2v) is 8.10. The molecule has 0 aliphatic heterocycles. The second-order valence-electron chi connectivity index (χ2n) is 8.10. The van der Waals surface area contributed by atoms with Gasteiger partial charge in [-0.25, -0.2) is 24.3 Å². The van der Waals surface area contributed by atoms with E-state index >= 15 is 4.39 Å². The van der Waals surface area contributed by atoms with Crippen LogP contribution in [-0.2, 0) is 0 Å². The lowest BCUT2D eigenvalue weighted by molar-refractivity contribution is -0.0494. The Morgan fingerprint density at radius 1 is 0.946 bits per heavy atom. The molecule has 12 heteroatoms. The van der Waals surface area contributed by atoms with E-state index < -0.39 is 12.4 Å². The van der Waals surface area contributed by atoms with Gasteiger partial charge in [-0.05, 0) is 44.2 Å². The van der Waals surface area contributed by atoms with Gasteiger partial charge in [0.15, 0.2) is 17.4 Å². The Hall–Kier alpha value is -4.87. The van der Waals surface area contributed by atoms with Gasteiger partial charge in [0.1, 0.15) is 17.6 Å². The molecule has 9 nitrogen and oxygen atoms in total. The van der Waals surface area contributed by atoms with Crippen LogP contribution in [0.15, 0.2) is 55.0 Å². The zero-order valence-corrected chi connectivity index (χ0v) is 19.6. The number of benzene rings is 2. The van der Waals surface area contributed by atoms with Gasteiger partial charge in [0, 0.05) is 46.5 Å². The molecule has 0 fully saturated rings. The van der Waals surface area contributed by atoms with Crippen LogP contribution in [0.5, 0.6) is 17.5 Å². The van der Waals surface area contributed by atoms with Crippen LogP contribution in [0.4, 0.5) is 24.7 Å². The SMILES string of the molecule is Cc1ccnc(Oc2ccc(-n3c(-c4ccc(N)cc4OC(F)F)c(C)c4ncnc(N)c43)cc2F)n1. The Morgan fingerprint density at radius 2 is 1.76 bits per heavy atom. The maximum Gasteiger partial charge on any atom is 0.387 e. The molecule has 3 aromatic heterocycles. The van der Waals surface area contributed by atoms with Crippen LogP contribution in [-0.4, -0.2) is 31.1 Å². The van der Waals surface area contributed by atoms with E-state index in [2.05, 4.69) is 19.9 Å². The highest BCUT2D eigenvalue weighted by Crippen LogP contribution is 2.42.